The van der Waals surface area contributed by atoms with Crippen molar-refractivity contribution in [2.75, 3.05) is 26.2 Å². The van der Waals surface area contributed by atoms with E-state index in [0.717, 1.165) is 55.4 Å². The van der Waals surface area contributed by atoms with E-state index in [2.05, 4.69) is 38.3 Å². The maximum absolute atomic E-state index is 5.95. The topological polar surface area (TPSA) is 37.2 Å². The summed E-state index contributed by atoms with van der Waals surface area (Å²) in [5, 5.41) is 9.31. The lowest BCUT2D eigenvalue weighted by atomic mass is 10.2. The van der Waals surface area contributed by atoms with Crippen LogP contribution < -0.4 is 0 Å². The Morgan fingerprint density at radius 2 is 1.58 bits per heavy atom. The van der Waals surface area contributed by atoms with Gasteiger partial charge >= 0.3 is 0 Å². The van der Waals surface area contributed by atoms with Crippen molar-refractivity contribution in [3.8, 4) is 0 Å². The molecule has 2 heterocycles. The standard InChI is InChI=1S/C18H20ClN5/c19-16-7-5-15(6-8-16)13-22-9-11-23(12-10-22)14-24-18-4-2-1-3-17(18)20-21-24/h1-8H,9-14H2. The molecule has 1 aliphatic heterocycles. The summed E-state index contributed by atoms with van der Waals surface area (Å²) in [6.07, 6.45) is 0. The second-order valence-corrected chi connectivity index (χ2v) is 6.68. The van der Waals surface area contributed by atoms with Crippen molar-refractivity contribution in [1.82, 2.24) is 24.8 Å². The van der Waals surface area contributed by atoms with Gasteiger partial charge in [-0.3, -0.25) is 9.80 Å². The molecule has 1 fully saturated rings. The quantitative estimate of drug-likeness (QED) is 0.731. The molecule has 1 aromatic heterocycles. The molecule has 2 aromatic carbocycles. The van der Waals surface area contributed by atoms with Gasteiger partial charge in [0.25, 0.3) is 0 Å². The van der Waals surface area contributed by atoms with Crippen LogP contribution in [-0.2, 0) is 13.2 Å². The second kappa shape index (κ2) is 6.89. The van der Waals surface area contributed by atoms with Crippen molar-refractivity contribution in [1.29, 1.82) is 0 Å². The van der Waals surface area contributed by atoms with Gasteiger partial charge in [-0.2, -0.15) is 0 Å². The van der Waals surface area contributed by atoms with Gasteiger partial charge in [-0.25, -0.2) is 4.68 Å². The number of halogens is 1. The van der Waals surface area contributed by atoms with Crippen LogP contribution in [0.25, 0.3) is 11.0 Å². The van der Waals surface area contributed by atoms with Gasteiger partial charge in [-0.05, 0) is 29.8 Å². The molecule has 0 radical (unpaired) electrons. The Morgan fingerprint density at radius 3 is 2.38 bits per heavy atom. The summed E-state index contributed by atoms with van der Waals surface area (Å²) < 4.78 is 1.99. The molecule has 3 aromatic rings. The van der Waals surface area contributed by atoms with Crippen molar-refractivity contribution in [3.63, 3.8) is 0 Å². The predicted molar refractivity (Wildman–Crippen MR) is 95.8 cm³/mol. The van der Waals surface area contributed by atoms with Crippen LogP contribution >= 0.6 is 11.6 Å². The van der Waals surface area contributed by atoms with E-state index in [-0.39, 0.29) is 0 Å². The van der Waals surface area contributed by atoms with Crippen molar-refractivity contribution < 1.29 is 0 Å². The van der Waals surface area contributed by atoms with Gasteiger partial charge in [-0.1, -0.05) is 41.1 Å². The zero-order valence-electron chi connectivity index (χ0n) is 13.5. The van der Waals surface area contributed by atoms with Gasteiger partial charge in [0.1, 0.15) is 5.52 Å². The molecule has 0 atom stereocenters. The molecule has 4 rings (SSSR count). The maximum atomic E-state index is 5.95. The Bertz CT molecular complexity index is 806. The van der Waals surface area contributed by atoms with Gasteiger partial charge in [-0.15, -0.1) is 5.10 Å². The largest absolute Gasteiger partial charge is 0.297 e. The summed E-state index contributed by atoms with van der Waals surface area (Å²) in [5.41, 5.74) is 3.37. The Balaban J connectivity index is 1.33. The molecule has 0 unspecified atom stereocenters. The Kier molecular flexibility index (Phi) is 4.47. The molecule has 0 aliphatic carbocycles. The normalized spacial score (nSPS) is 16.7. The minimum absolute atomic E-state index is 0.795. The van der Waals surface area contributed by atoms with Crippen molar-refractivity contribution in [2.45, 2.75) is 13.2 Å². The fourth-order valence-electron chi connectivity index (χ4n) is 3.15. The molecule has 1 aliphatic rings. The summed E-state index contributed by atoms with van der Waals surface area (Å²) in [5.74, 6) is 0. The molecule has 6 heteroatoms. The first kappa shape index (κ1) is 15.6. The maximum Gasteiger partial charge on any atom is 0.113 e. The van der Waals surface area contributed by atoms with Gasteiger partial charge in [0.15, 0.2) is 0 Å². The fourth-order valence-corrected chi connectivity index (χ4v) is 3.27. The highest BCUT2D eigenvalue weighted by Crippen LogP contribution is 2.14. The van der Waals surface area contributed by atoms with E-state index in [1.807, 2.05) is 35.0 Å². The molecule has 124 valence electrons. The van der Waals surface area contributed by atoms with Gasteiger partial charge in [0.05, 0.1) is 12.2 Å². The SMILES string of the molecule is Clc1ccc(CN2CCN(Cn3nnc4ccccc43)CC2)cc1. The minimum atomic E-state index is 0.795. The van der Waals surface area contributed by atoms with Crippen LogP contribution in [0.2, 0.25) is 5.02 Å². The Labute approximate surface area is 146 Å². The van der Waals surface area contributed by atoms with Crippen LogP contribution in [0.1, 0.15) is 5.56 Å². The van der Waals surface area contributed by atoms with Crippen molar-refractivity contribution in [3.05, 3.63) is 59.1 Å². The minimum Gasteiger partial charge on any atom is -0.297 e. The summed E-state index contributed by atoms with van der Waals surface area (Å²) in [6, 6.07) is 16.2. The number of aromatic nitrogens is 3. The number of hydrogen-bond acceptors (Lipinski definition) is 4. The third-order valence-corrected chi connectivity index (χ3v) is 4.79. The van der Waals surface area contributed by atoms with Gasteiger partial charge < -0.3 is 0 Å². The predicted octanol–water partition coefficient (Wildman–Crippen LogP) is 2.86. The zero-order valence-corrected chi connectivity index (χ0v) is 14.2. The van der Waals surface area contributed by atoms with E-state index in [4.69, 9.17) is 11.6 Å². The number of nitrogens with zero attached hydrogens (tertiary/aromatic N) is 5. The first-order valence-electron chi connectivity index (χ1n) is 8.25. The third-order valence-electron chi connectivity index (χ3n) is 4.54. The number of benzene rings is 2. The highest BCUT2D eigenvalue weighted by molar-refractivity contribution is 6.30. The van der Waals surface area contributed by atoms with Crippen LogP contribution in [0.15, 0.2) is 48.5 Å². The van der Waals surface area contributed by atoms with E-state index in [1.165, 1.54) is 5.56 Å². The molecule has 0 N–H and O–H groups in total. The average Bonchev–Trinajstić information content (AvgIpc) is 3.02. The number of rotatable bonds is 4. The Morgan fingerprint density at radius 1 is 0.875 bits per heavy atom. The molecule has 0 saturated carbocycles. The first-order valence-corrected chi connectivity index (χ1v) is 8.63. The van der Waals surface area contributed by atoms with E-state index in [0.29, 0.717) is 0 Å². The molecular weight excluding hydrogens is 322 g/mol. The lowest BCUT2D eigenvalue weighted by Gasteiger charge is -2.34. The van der Waals surface area contributed by atoms with E-state index >= 15 is 0 Å². The lowest BCUT2D eigenvalue weighted by Crippen LogP contribution is -2.46. The summed E-state index contributed by atoms with van der Waals surface area (Å²) >= 11 is 5.95. The van der Waals surface area contributed by atoms with E-state index in [1.54, 1.807) is 0 Å². The van der Waals surface area contributed by atoms with Gasteiger partial charge in [0.2, 0.25) is 0 Å². The molecule has 1 saturated heterocycles. The molecule has 0 amide bonds. The van der Waals surface area contributed by atoms with Crippen LogP contribution in [0.3, 0.4) is 0 Å². The zero-order chi connectivity index (χ0) is 16.4. The number of para-hydroxylation sites is 1. The summed E-state index contributed by atoms with van der Waals surface area (Å²) in [4.78, 5) is 4.92. The van der Waals surface area contributed by atoms with Crippen LogP contribution in [0, 0.1) is 0 Å². The summed E-state index contributed by atoms with van der Waals surface area (Å²) in [7, 11) is 0. The van der Waals surface area contributed by atoms with E-state index < -0.39 is 0 Å². The van der Waals surface area contributed by atoms with Gasteiger partial charge in [0, 0.05) is 37.7 Å². The third kappa shape index (κ3) is 3.43. The number of piperazine rings is 1. The number of fused-ring (bicyclic) bond motifs is 1. The lowest BCUT2D eigenvalue weighted by molar-refractivity contribution is 0.0996. The molecule has 5 nitrogen and oxygen atoms in total. The molecule has 0 bridgehead atoms. The molecule has 24 heavy (non-hydrogen) atoms. The first-order chi connectivity index (χ1) is 11.8. The summed E-state index contributed by atoms with van der Waals surface area (Å²) in [6.45, 7) is 6.00. The second-order valence-electron chi connectivity index (χ2n) is 6.24. The highest BCUT2D eigenvalue weighted by atomic mass is 35.5. The monoisotopic (exact) mass is 341 g/mol. The molecule has 0 spiro atoms. The van der Waals surface area contributed by atoms with Crippen LogP contribution in [-0.4, -0.2) is 51.0 Å². The molecular formula is C18H20ClN5. The fraction of sp³-hybridized carbons (Fsp3) is 0.333. The Hall–Kier alpha value is -1.95. The van der Waals surface area contributed by atoms with Crippen molar-refractivity contribution >= 4 is 22.6 Å². The highest BCUT2D eigenvalue weighted by Gasteiger charge is 2.18. The van der Waals surface area contributed by atoms with Crippen LogP contribution in [0.5, 0.6) is 0 Å². The average molecular weight is 342 g/mol. The van der Waals surface area contributed by atoms with Crippen LogP contribution in [0.4, 0.5) is 0 Å². The smallest absolute Gasteiger partial charge is 0.113 e. The van der Waals surface area contributed by atoms with Crippen molar-refractivity contribution in [2.24, 2.45) is 0 Å². The number of hydrogen-bond donors (Lipinski definition) is 0. The van der Waals surface area contributed by atoms with E-state index in [9.17, 15) is 0 Å².